The molecule has 0 spiro atoms. The number of hydrogen-bond acceptors (Lipinski definition) is 2. The fourth-order valence-corrected chi connectivity index (χ4v) is 13.0. The molecule has 5 aliphatic rings. The monoisotopic (exact) mass is 689 g/mol. The number of rotatable bonds is 15. The Morgan fingerprint density at radius 2 is 1.40 bits per heavy atom. The first-order chi connectivity index (χ1) is 23.6. The topological polar surface area (TPSA) is 26.3 Å². The third-order valence-corrected chi connectivity index (χ3v) is 16.6. The van der Waals surface area contributed by atoms with Crippen LogP contribution in [0.3, 0.4) is 0 Å². The van der Waals surface area contributed by atoms with Crippen LogP contribution in [0.15, 0.2) is 36.0 Å². The Labute approximate surface area is 310 Å². The molecule has 284 valence electrons. The lowest BCUT2D eigenvalue weighted by Crippen LogP contribution is -2.64. The number of fused-ring (bicyclic) bond motifs is 7. The third kappa shape index (κ3) is 7.96. The summed E-state index contributed by atoms with van der Waals surface area (Å²) in [7, 11) is 0. The van der Waals surface area contributed by atoms with E-state index in [0.29, 0.717) is 45.3 Å². The summed E-state index contributed by atoms with van der Waals surface area (Å²) in [5.74, 6) is 2.14. The molecular formula is C48H80O2. The predicted octanol–water partition coefficient (Wildman–Crippen LogP) is 14.5. The minimum atomic E-state index is 0.0196. The maximum Gasteiger partial charge on any atom is 0.306 e. The number of carbonyl (C=O) groups is 1. The molecule has 5 rings (SSSR count). The van der Waals surface area contributed by atoms with Gasteiger partial charge in [-0.15, -0.1) is 0 Å². The largest absolute Gasteiger partial charge is 0.462 e. The Morgan fingerprint density at radius 3 is 2.12 bits per heavy atom. The summed E-state index contributed by atoms with van der Waals surface area (Å²) in [6.45, 7) is 23.0. The van der Waals surface area contributed by atoms with Crippen LogP contribution in [0.25, 0.3) is 0 Å². The number of hydrogen-bond donors (Lipinski definition) is 0. The molecule has 0 N–H and O–H groups in total. The van der Waals surface area contributed by atoms with E-state index in [1.54, 1.807) is 0 Å². The van der Waals surface area contributed by atoms with Gasteiger partial charge in [0.25, 0.3) is 0 Å². The van der Waals surface area contributed by atoms with Gasteiger partial charge in [-0.1, -0.05) is 130 Å². The zero-order valence-electron chi connectivity index (χ0n) is 34.6. The van der Waals surface area contributed by atoms with Gasteiger partial charge in [0.1, 0.15) is 6.10 Å². The average molecular weight is 689 g/mol. The van der Waals surface area contributed by atoms with Crippen molar-refractivity contribution in [3.05, 3.63) is 36.0 Å². The first-order valence-electron chi connectivity index (χ1n) is 21.8. The molecule has 50 heavy (non-hydrogen) atoms. The molecule has 5 aliphatic carbocycles. The second kappa shape index (κ2) is 16.0. The van der Waals surface area contributed by atoms with Crippen LogP contribution in [0.1, 0.15) is 204 Å². The first-order valence-corrected chi connectivity index (χ1v) is 21.8. The van der Waals surface area contributed by atoms with E-state index in [2.05, 4.69) is 92.7 Å². The minimum Gasteiger partial charge on any atom is -0.462 e. The number of esters is 1. The maximum absolute atomic E-state index is 13.2. The van der Waals surface area contributed by atoms with E-state index >= 15 is 0 Å². The van der Waals surface area contributed by atoms with Crippen molar-refractivity contribution < 1.29 is 9.53 Å². The molecule has 0 bridgehead atoms. The van der Waals surface area contributed by atoms with Crippen LogP contribution in [0, 0.1) is 50.2 Å². The van der Waals surface area contributed by atoms with Crippen LogP contribution in [0.2, 0.25) is 0 Å². The molecule has 2 heteroatoms. The minimum absolute atomic E-state index is 0.0196. The maximum atomic E-state index is 13.2. The van der Waals surface area contributed by atoms with E-state index in [9.17, 15) is 4.79 Å². The molecule has 0 aromatic rings. The molecule has 0 aromatic carbocycles. The predicted molar refractivity (Wildman–Crippen MR) is 214 cm³/mol. The molecule has 0 aromatic heterocycles. The number of ether oxygens (including phenoxy) is 1. The van der Waals surface area contributed by atoms with Gasteiger partial charge in [0.15, 0.2) is 0 Å². The van der Waals surface area contributed by atoms with Crippen molar-refractivity contribution >= 4 is 5.97 Å². The highest BCUT2D eigenvalue weighted by Crippen LogP contribution is 2.75. The Hall–Kier alpha value is -1.31. The summed E-state index contributed by atoms with van der Waals surface area (Å²) in [6, 6.07) is 0. The van der Waals surface area contributed by atoms with E-state index in [1.807, 2.05) is 5.57 Å². The zero-order valence-corrected chi connectivity index (χ0v) is 34.6. The van der Waals surface area contributed by atoms with Gasteiger partial charge in [-0.25, -0.2) is 0 Å². The summed E-state index contributed by atoms with van der Waals surface area (Å²) in [4.78, 5) is 13.2. The summed E-state index contributed by atoms with van der Waals surface area (Å²) in [6.07, 6.45) is 39.1. The van der Waals surface area contributed by atoms with Gasteiger partial charge in [-0.2, -0.15) is 0 Å². The van der Waals surface area contributed by atoms with Gasteiger partial charge in [0.2, 0.25) is 0 Å². The van der Waals surface area contributed by atoms with Crippen molar-refractivity contribution in [3.8, 4) is 0 Å². The number of unbranched alkanes of at least 4 members (excludes halogenated alkanes) is 8. The van der Waals surface area contributed by atoms with Crippen molar-refractivity contribution in [1.82, 2.24) is 0 Å². The highest BCUT2D eigenvalue weighted by Gasteiger charge is 2.68. The lowest BCUT2D eigenvalue weighted by Gasteiger charge is -2.71. The Morgan fingerprint density at radius 1 is 0.740 bits per heavy atom. The van der Waals surface area contributed by atoms with Crippen LogP contribution in [0.5, 0.6) is 0 Å². The van der Waals surface area contributed by atoms with Crippen molar-refractivity contribution in [3.63, 3.8) is 0 Å². The Kier molecular flexibility index (Phi) is 12.7. The van der Waals surface area contributed by atoms with Crippen LogP contribution in [-0.4, -0.2) is 12.1 Å². The molecule has 8 atom stereocenters. The van der Waals surface area contributed by atoms with Crippen LogP contribution in [0.4, 0.5) is 0 Å². The van der Waals surface area contributed by atoms with Gasteiger partial charge in [0.05, 0.1) is 0 Å². The van der Waals surface area contributed by atoms with E-state index in [4.69, 9.17) is 4.74 Å². The number of carbonyl (C=O) groups excluding carboxylic acids is 1. The summed E-state index contributed by atoms with van der Waals surface area (Å²) < 4.78 is 6.41. The van der Waals surface area contributed by atoms with Crippen molar-refractivity contribution in [2.75, 3.05) is 0 Å². The quantitative estimate of drug-likeness (QED) is 0.0972. The normalized spacial score (nSPS) is 38.9. The van der Waals surface area contributed by atoms with E-state index < -0.39 is 0 Å². The number of allylic oxidation sites excluding steroid dienone is 6. The SMILES string of the molecule is CCCCC/C=C/C/C=C/CCCCCCCC(=O)O[C@H]1CC[C@]2(C)[C@H]3CC=C4[C@@H]5CC(C)(C)CC[C@]5(C)CC[C@@]4(C)[C@]3(C)CC[C@H]2C1(C)C. The van der Waals surface area contributed by atoms with Crippen LogP contribution < -0.4 is 0 Å². The lowest BCUT2D eigenvalue weighted by molar-refractivity contribution is -0.212. The van der Waals surface area contributed by atoms with Crippen LogP contribution in [-0.2, 0) is 9.53 Å². The fraction of sp³-hybridized carbons (Fsp3) is 0.854. The Balaban J connectivity index is 1.09. The van der Waals surface area contributed by atoms with Gasteiger partial charge >= 0.3 is 5.97 Å². The van der Waals surface area contributed by atoms with Crippen molar-refractivity contribution in [2.45, 2.75) is 210 Å². The van der Waals surface area contributed by atoms with Crippen molar-refractivity contribution in [1.29, 1.82) is 0 Å². The lowest BCUT2D eigenvalue weighted by atomic mass is 9.33. The molecule has 4 saturated carbocycles. The smallest absolute Gasteiger partial charge is 0.306 e. The molecule has 4 fully saturated rings. The second-order valence-corrected chi connectivity index (χ2v) is 20.7. The zero-order chi connectivity index (χ0) is 36.3. The molecule has 0 aliphatic heterocycles. The summed E-state index contributed by atoms with van der Waals surface area (Å²) in [5.41, 5.74) is 3.82. The molecule has 0 radical (unpaired) electrons. The highest BCUT2D eigenvalue weighted by molar-refractivity contribution is 5.69. The van der Waals surface area contributed by atoms with E-state index in [1.165, 1.54) is 109 Å². The second-order valence-electron chi connectivity index (χ2n) is 20.7. The highest BCUT2D eigenvalue weighted by atomic mass is 16.5. The molecule has 0 saturated heterocycles. The molecule has 2 nitrogen and oxygen atoms in total. The van der Waals surface area contributed by atoms with E-state index in [0.717, 1.165) is 31.6 Å². The standard InChI is InChI=1S/C48H80O2/c1-10-11-12-13-14-15-16-17-18-19-20-21-22-23-24-25-42(49)50-41-29-30-46(7)39(44(41,4)5)28-31-48(9)40(46)27-26-37-38-36-43(2,3)32-33-45(38,6)34-35-47(37,48)8/h14-15,17-18,26,38-41H,10-13,16,19-25,27-36H2,1-9H3/b15-14+,18-17+/t38-,39-,40+,41-,45+,46-,47+,48+/m0/s1. The van der Waals surface area contributed by atoms with Crippen molar-refractivity contribution in [2.24, 2.45) is 50.2 Å². The van der Waals surface area contributed by atoms with Crippen LogP contribution >= 0.6 is 0 Å². The van der Waals surface area contributed by atoms with E-state index in [-0.39, 0.29) is 17.5 Å². The van der Waals surface area contributed by atoms with Gasteiger partial charge in [-0.3, -0.25) is 4.79 Å². The third-order valence-electron chi connectivity index (χ3n) is 16.6. The molecule has 0 amide bonds. The van der Waals surface area contributed by atoms with Gasteiger partial charge in [-0.05, 0) is 148 Å². The molecular weight excluding hydrogens is 609 g/mol. The molecule has 0 unspecified atom stereocenters. The Bertz CT molecular complexity index is 1230. The first kappa shape index (κ1) is 39.9. The fourth-order valence-electron chi connectivity index (χ4n) is 13.0. The summed E-state index contributed by atoms with van der Waals surface area (Å²) >= 11 is 0. The molecule has 0 heterocycles. The summed E-state index contributed by atoms with van der Waals surface area (Å²) in [5, 5.41) is 0. The van der Waals surface area contributed by atoms with Gasteiger partial charge in [0, 0.05) is 11.8 Å². The average Bonchev–Trinajstić information content (AvgIpc) is 3.05. The van der Waals surface area contributed by atoms with Gasteiger partial charge < -0.3 is 4.74 Å².